The van der Waals surface area contributed by atoms with Crippen molar-refractivity contribution in [1.29, 1.82) is 0 Å². The number of nitrogens with zero attached hydrogens (tertiary/aromatic N) is 1. The molecular weight excluding hydrogens is 282 g/mol. The van der Waals surface area contributed by atoms with E-state index in [0.29, 0.717) is 11.3 Å². The van der Waals surface area contributed by atoms with Crippen molar-refractivity contribution in [3.05, 3.63) is 28.2 Å². The Bertz CT molecular complexity index is 471. The maximum Gasteiger partial charge on any atom is 0.271 e. The molecule has 90 valence electrons. The van der Waals surface area contributed by atoms with E-state index in [-0.39, 0.29) is 5.91 Å². The zero-order valence-corrected chi connectivity index (χ0v) is 11.2. The number of benzene rings is 1. The summed E-state index contributed by atoms with van der Waals surface area (Å²) in [7, 11) is 0. The number of carbonyl (C=O) groups is 1. The molecule has 0 fully saturated rings. The van der Waals surface area contributed by atoms with Crippen molar-refractivity contribution in [3.63, 3.8) is 0 Å². The standard InChI is InChI=1S/C12H14BrN3O/c1-2-3-4-11-14-10-6-5-8(13)7-9(10)12(17)16-15-11/h5-7H,2-4H2,1H3,(H,14,15)(H,16,17). The maximum absolute atomic E-state index is 11.8. The SMILES string of the molecule is CCCCC1=Nc2ccc(Br)cc2C(=O)NN1. The lowest BCUT2D eigenvalue weighted by molar-refractivity contribution is 0.0945. The molecular formula is C12H14BrN3O. The van der Waals surface area contributed by atoms with E-state index in [1.165, 1.54) is 0 Å². The van der Waals surface area contributed by atoms with E-state index >= 15 is 0 Å². The minimum absolute atomic E-state index is 0.156. The molecule has 0 unspecified atom stereocenters. The minimum Gasteiger partial charge on any atom is -0.285 e. The lowest BCUT2D eigenvalue weighted by Crippen LogP contribution is -2.40. The number of rotatable bonds is 3. The Morgan fingerprint density at radius 2 is 2.18 bits per heavy atom. The van der Waals surface area contributed by atoms with E-state index < -0.39 is 0 Å². The summed E-state index contributed by atoms with van der Waals surface area (Å²) in [6, 6.07) is 5.51. The number of nitrogens with one attached hydrogen (secondary N) is 2. The first-order chi connectivity index (χ1) is 8.20. The molecule has 0 spiro atoms. The molecule has 0 saturated heterocycles. The van der Waals surface area contributed by atoms with Gasteiger partial charge in [0, 0.05) is 10.9 Å². The second-order valence-corrected chi connectivity index (χ2v) is 4.82. The Labute approximate surface area is 109 Å². The first-order valence-electron chi connectivity index (χ1n) is 5.64. The van der Waals surface area contributed by atoms with Crippen LogP contribution in [0.1, 0.15) is 36.5 Å². The van der Waals surface area contributed by atoms with Gasteiger partial charge in [0.2, 0.25) is 0 Å². The fourth-order valence-electron chi connectivity index (χ4n) is 1.62. The van der Waals surface area contributed by atoms with Gasteiger partial charge in [-0.3, -0.25) is 15.6 Å². The Balaban J connectivity index is 2.32. The summed E-state index contributed by atoms with van der Waals surface area (Å²) < 4.78 is 0.874. The summed E-state index contributed by atoms with van der Waals surface area (Å²) in [5.41, 5.74) is 6.81. The third kappa shape index (κ3) is 2.85. The number of amides is 1. The molecule has 1 aliphatic heterocycles. The van der Waals surface area contributed by atoms with Gasteiger partial charge in [-0.2, -0.15) is 0 Å². The van der Waals surface area contributed by atoms with E-state index in [1.807, 2.05) is 12.1 Å². The van der Waals surface area contributed by atoms with Gasteiger partial charge in [-0.15, -0.1) is 0 Å². The van der Waals surface area contributed by atoms with Gasteiger partial charge in [0.1, 0.15) is 5.84 Å². The average molecular weight is 296 g/mol. The summed E-state index contributed by atoms with van der Waals surface area (Å²) in [4.78, 5) is 16.3. The van der Waals surface area contributed by atoms with E-state index in [0.717, 1.165) is 29.6 Å². The minimum atomic E-state index is -0.156. The summed E-state index contributed by atoms with van der Waals surface area (Å²) in [6.07, 6.45) is 2.99. The molecule has 17 heavy (non-hydrogen) atoms. The van der Waals surface area contributed by atoms with Crippen molar-refractivity contribution in [2.75, 3.05) is 0 Å². The van der Waals surface area contributed by atoms with Crippen molar-refractivity contribution in [1.82, 2.24) is 10.9 Å². The van der Waals surface area contributed by atoms with Gasteiger partial charge in [-0.05, 0) is 24.6 Å². The molecule has 0 aliphatic carbocycles. The van der Waals surface area contributed by atoms with Crippen LogP contribution in [0.4, 0.5) is 5.69 Å². The first kappa shape index (κ1) is 12.1. The van der Waals surface area contributed by atoms with Crippen molar-refractivity contribution < 1.29 is 4.79 Å². The summed E-state index contributed by atoms with van der Waals surface area (Å²) >= 11 is 3.35. The molecule has 1 aromatic carbocycles. The van der Waals surface area contributed by atoms with Crippen molar-refractivity contribution >= 4 is 33.4 Å². The number of hydrogen-bond acceptors (Lipinski definition) is 3. The van der Waals surface area contributed by atoms with Gasteiger partial charge in [0.25, 0.3) is 5.91 Å². The van der Waals surface area contributed by atoms with Crippen LogP contribution >= 0.6 is 15.9 Å². The smallest absolute Gasteiger partial charge is 0.271 e. The monoisotopic (exact) mass is 295 g/mol. The third-order valence-corrected chi connectivity index (χ3v) is 3.04. The summed E-state index contributed by atoms with van der Waals surface area (Å²) in [6.45, 7) is 2.13. The summed E-state index contributed by atoms with van der Waals surface area (Å²) in [5.74, 6) is 0.651. The molecule has 2 rings (SSSR count). The number of carbonyl (C=O) groups excluding carboxylic acids is 1. The fourth-order valence-corrected chi connectivity index (χ4v) is 1.98. The van der Waals surface area contributed by atoms with Crippen LogP contribution < -0.4 is 10.9 Å². The largest absolute Gasteiger partial charge is 0.285 e. The number of hydrazine groups is 1. The van der Waals surface area contributed by atoms with Crippen LogP contribution in [0, 0.1) is 0 Å². The quantitative estimate of drug-likeness (QED) is 0.901. The number of halogens is 1. The third-order valence-electron chi connectivity index (χ3n) is 2.55. The van der Waals surface area contributed by atoms with Gasteiger partial charge in [-0.25, -0.2) is 4.99 Å². The second kappa shape index (κ2) is 5.31. The van der Waals surface area contributed by atoms with Gasteiger partial charge in [0.05, 0.1) is 11.3 Å². The number of unbranched alkanes of at least 4 members (excludes halogenated alkanes) is 1. The topological polar surface area (TPSA) is 53.5 Å². The maximum atomic E-state index is 11.8. The van der Waals surface area contributed by atoms with Gasteiger partial charge in [0.15, 0.2) is 0 Å². The van der Waals surface area contributed by atoms with Crippen LogP contribution in [0.5, 0.6) is 0 Å². The van der Waals surface area contributed by atoms with Crippen molar-refractivity contribution in [2.24, 2.45) is 4.99 Å². The predicted octanol–water partition coefficient (Wildman–Crippen LogP) is 2.92. The van der Waals surface area contributed by atoms with Crippen LogP contribution in [0.2, 0.25) is 0 Å². The lowest BCUT2D eigenvalue weighted by atomic mass is 10.1. The summed E-state index contributed by atoms with van der Waals surface area (Å²) in [5, 5.41) is 0. The van der Waals surface area contributed by atoms with Crippen molar-refractivity contribution in [3.8, 4) is 0 Å². The predicted molar refractivity (Wildman–Crippen MR) is 71.4 cm³/mol. The molecule has 0 atom stereocenters. The normalized spacial score (nSPS) is 14.2. The highest BCUT2D eigenvalue weighted by Crippen LogP contribution is 2.25. The zero-order chi connectivity index (χ0) is 12.3. The highest BCUT2D eigenvalue weighted by molar-refractivity contribution is 9.10. The highest BCUT2D eigenvalue weighted by atomic mass is 79.9. The fraction of sp³-hybridized carbons (Fsp3) is 0.333. The molecule has 1 heterocycles. The number of hydrogen-bond donors (Lipinski definition) is 2. The van der Waals surface area contributed by atoms with Crippen LogP contribution in [-0.2, 0) is 0 Å². The van der Waals surface area contributed by atoms with E-state index in [4.69, 9.17) is 0 Å². The number of amidine groups is 1. The highest BCUT2D eigenvalue weighted by Gasteiger charge is 2.16. The molecule has 4 nitrogen and oxygen atoms in total. The number of fused-ring (bicyclic) bond motifs is 1. The molecule has 0 radical (unpaired) electrons. The lowest BCUT2D eigenvalue weighted by Gasteiger charge is -2.06. The second-order valence-electron chi connectivity index (χ2n) is 3.90. The Hall–Kier alpha value is -1.36. The van der Waals surface area contributed by atoms with Gasteiger partial charge >= 0.3 is 0 Å². The number of aliphatic imine (C=N–C) groups is 1. The van der Waals surface area contributed by atoms with Crippen LogP contribution in [0.3, 0.4) is 0 Å². The molecule has 2 N–H and O–H groups in total. The van der Waals surface area contributed by atoms with Crippen LogP contribution in [0.25, 0.3) is 0 Å². The Kier molecular flexibility index (Phi) is 3.78. The van der Waals surface area contributed by atoms with Crippen molar-refractivity contribution in [2.45, 2.75) is 26.2 Å². The average Bonchev–Trinajstić information content (AvgIpc) is 2.47. The Morgan fingerprint density at radius 3 is 2.94 bits per heavy atom. The van der Waals surface area contributed by atoms with E-state index in [2.05, 4.69) is 38.7 Å². The molecule has 5 heteroatoms. The van der Waals surface area contributed by atoms with E-state index in [9.17, 15) is 4.79 Å². The van der Waals surface area contributed by atoms with Crippen LogP contribution in [-0.4, -0.2) is 11.7 Å². The molecule has 0 saturated carbocycles. The van der Waals surface area contributed by atoms with E-state index in [1.54, 1.807) is 6.07 Å². The zero-order valence-electron chi connectivity index (χ0n) is 9.59. The molecule has 1 aliphatic rings. The molecule has 0 aromatic heterocycles. The Morgan fingerprint density at radius 1 is 1.35 bits per heavy atom. The first-order valence-corrected chi connectivity index (χ1v) is 6.43. The molecule has 1 aromatic rings. The van der Waals surface area contributed by atoms with Gasteiger partial charge < -0.3 is 0 Å². The molecule has 0 bridgehead atoms. The van der Waals surface area contributed by atoms with Gasteiger partial charge in [-0.1, -0.05) is 29.3 Å². The molecule has 1 amide bonds. The van der Waals surface area contributed by atoms with Crippen LogP contribution in [0.15, 0.2) is 27.7 Å².